The van der Waals surface area contributed by atoms with E-state index in [0.717, 1.165) is 18.8 Å². The summed E-state index contributed by atoms with van der Waals surface area (Å²) in [5.41, 5.74) is 3.62. The predicted octanol–water partition coefficient (Wildman–Crippen LogP) is 2.49. The van der Waals surface area contributed by atoms with E-state index >= 15 is 0 Å². The Morgan fingerprint density at radius 2 is 2.05 bits per heavy atom. The van der Waals surface area contributed by atoms with Gasteiger partial charge in [0.2, 0.25) is 0 Å². The fourth-order valence-corrected chi connectivity index (χ4v) is 2.11. The predicted molar refractivity (Wildman–Crippen MR) is 74.9 cm³/mol. The molecular formula is C15H16N4. The van der Waals surface area contributed by atoms with Crippen LogP contribution in [-0.4, -0.2) is 14.8 Å². The van der Waals surface area contributed by atoms with Gasteiger partial charge in [-0.2, -0.15) is 5.10 Å². The van der Waals surface area contributed by atoms with Gasteiger partial charge in [0.05, 0.1) is 5.69 Å². The normalized spacial score (nSPS) is 10.7. The highest BCUT2D eigenvalue weighted by Crippen LogP contribution is 2.13. The second kappa shape index (κ2) is 5.54. The highest BCUT2D eigenvalue weighted by atomic mass is 15.3. The van der Waals surface area contributed by atoms with Crippen molar-refractivity contribution >= 4 is 0 Å². The molecule has 2 aromatic heterocycles. The molecule has 0 spiro atoms. The first-order valence-electron chi connectivity index (χ1n) is 6.34. The summed E-state index contributed by atoms with van der Waals surface area (Å²) in [6.07, 6.45) is 7.70. The summed E-state index contributed by atoms with van der Waals surface area (Å²) >= 11 is 0. The molecule has 0 fully saturated rings. The van der Waals surface area contributed by atoms with Gasteiger partial charge < -0.3 is 10.3 Å². The van der Waals surface area contributed by atoms with Gasteiger partial charge in [-0.15, -0.1) is 0 Å². The zero-order valence-corrected chi connectivity index (χ0v) is 10.6. The molecule has 4 heteroatoms. The van der Waals surface area contributed by atoms with E-state index in [1.54, 1.807) is 6.20 Å². The second-order valence-corrected chi connectivity index (χ2v) is 4.40. The molecule has 0 radical (unpaired) electrons. The molecule has 3 rings (SSSR count). The van der Waals surface area contributed by atoms with Crippen LogP contribution >= 0.6 is 0 Å². The Labute approximate surface area is 112 Å². The van der Waals surface area contributed by atoms with E-state index in [0.29, 0.717) is 0 Å². The number of nitrogens with zero attached hydrogens (tertiary/aromatic N) is 2. The lowest BCUT2D eigenvalue weighted by Crippen LogP contribution is -2.14. The van der Waals surface area contributed by atoms with Crippen LogP contribution in [0.3, 0.4) is 0 Å². The van der Waals surface area contributed by atoms with Gasteiger partial charge in [-0.05, 0) is 29.3 Å². The van der Waals surface area contributed by atoms with Gasteiger partial charge >= 0.3 is 0 Å². The Bertz CT molecular complexity index is 611. The minimum absolute atomic E-state index is 0.821. The molecule has 3 aromatic rings. The van der Waals surface area contributed by atoms with Crippen LogP contribution in [0.5, 0.6) is 0 Å². The Hall–Kier alpha value is -2.33. The summed E-state index contributed by atoms with van der Waals surface area (Å²) in [5, 5.41) is 7.73. The summed E-state index contributed by atoms with van der Waals surface area (Å²) < 4.78 is 1.90. The maximum atomic E-state index is 4.29. The molecule has 0 saturated carbocycles. The molecular weight excluding hydrogens is 236 g/mol. The van der Waals surface area contributed by atoms with Crippen molar-refractivity contribution in [3.63, 3.8) is 0 Å². The van der Waals surface area contributed by atoms with Crippen LogP contribution in [0.4, 0.5) is 0 Å². The molecule has 0 aliphatic heterocycles. The van der Waals surface area contributed by atoms with Gasteiger partial charge in [0.1, 0.15) is 0 Å². The van der Waals surface area contributed by atoms with E-state index in [1.165, 1.54) is 11.1 Å². The lowest BCUT2D eigenvalue weighted by molar-refractivity contribution is 0.687. The maximum absolute atomic E-state index is 4.29. The van der Waals surface area contributed by atoms with E-state index in [4.69, 9.17) is 0 Å². The van der Waals surface area contributed by atoms with Crippen molar-refractivity contribution in [2.75, 3.05) is 0 Å². The zero-order chi connectivity index (χ0) is 12.9. The number of benzene rings is 1. The Kier molecular flexibility index (Phi) is 3.42. The minimum atomic E-state index is 0.821. The van der Waals surface area contributed by atoms with Crippen LogP contribution in [0.25, 0.3) is 5.69 Å². The fraction of sp³-hybridized carbons (Fsp3) is 0.133. The molecule has 0 atom stereocenters. The van der Waals surface area contributed by atoms with Crippen molar-refractivity contribution in [3.05, 3.63) is 72.3 Å². The first kappa shape index (κ1) is 11.7. The fourth-order valence-electron chi connectivity index (χ4n) is 2.11. The van der Waals surface area contributed by atoms with Crippen molar-refractivity contribution in [1.29, 1.82) is 0 Å². The number of H-pyrrole nitrogens is 1. The third-order valence-electron chi connectivity index (χ3n) is 3.05. The van der Waals surface area contributed by atoms with E-state index in [1.807, 2.05) is 35.4 Å². The van der Waals surface area contributed by atoms with Gasteiger partial charge in [-0.3, -0.25) is 0 Å². The lowest BCUT2D eigenvalue weighted by Gasteiger charge is -2.10. The third kappa shape index (κ3) is 2.74. The van der Waals surface area contributed by atoms with E-state index < -0.39 is 0 Å². The molecule has 0 unspecified atom stereocenters. The number of nitrogens with one attached hydrogen (secondary N) is 2. The molecule has 0 aliphatic carbocycles. The van der Waals surface area contributed by atoms with Crippen molar-refractivity contribution in [1.82, 2.24) is 20.1 Å². The molecule has 19 heavy (non-hydrogen) atoms. The number of para-hydroxylation sites is 1. The number of aromatic nitrogens is 3. The monoisotopic (exact) mass is 252 g/mol. The molecule has 4 nitrogen and oxygen atoms in total. The topological polar surface area (TPSA) is 45.6 Å². The van der Waals surface area contributed by atoms with Gasteiger partial charge in [-0.1, -0.05) is 18.2 Å². The Balaban J connectivity index is 1.71. The quantitative estimate of drug-likeness (QED) is 0.733. The Morgan fingerprint density at radius 3 is 2.84 bits per heavy atom. The van der Waals surface area contributed by atoms with Gasteiger partial charge in [0.15, 0.2) is 0 Å². The van der Waals surface area contributed by atoms with Crippen LogP contribution in [0.2, 0.25) is 0 Å². The van der Waals surface area contributed by atoms with Gasteiger partial charge in [0.25, 0.3) is 0 Å². The Morgan fingerprint density at radius 1 is 1.11 bits per heavy atom. The van der Waals surface area contributed by atoms with Crippen molar-refractivity contribution in [3.8, 4) is 5.69 Å². The number of aromatic amines is 1. The number of hydrogen-bond acceptors (Lipinski definition) is 2. The molecule has 1 aromatic carbocycles. The maximum Gasteiger partial charge on any atom is 0.0690 e. The first-order valence-corrected chi connectivity index (χ1v) is 6.34. The molecule has 0 aliphatic rings. The second-order valence-electron chi connectivity index (χ2n) is 4.40. The third-order valence-corrected chi connectivity index (χ3v) is 3.05. The van der Waals surface area contributed by atoms with E-state index in [9.17, 15) is 0 Å². The standard InChI is InChI=1S/C15H16N4/c1-2-5-15(19-9-3-7-18-19)14(4-1)12-17-11-13-6-8-16-10-13/h1-10,16-17H,11-12H2. The SMILES string of the molecule is c1ccc(-n2cccn2)c(CNCc2cc[nH]c2)c1. The average molecular weight is 252 g/mol. The highest BCUT2D eigenvalue weighted by Gasteiger charge is 2.03. The zero-order valence-electron chi connectivity index (χ0n) is 10.6. The minimum Gasteiger partial charge on any atom is -0.367 e. The van der Waals surface area contributed by atoms with Crippen molar-refractivity contribution < 1.29 is 0 Å². The summed E-state index contributed by atoms with van der Waals surface area (Å²) in [5.74, 6) is 0. The lowest BCUT2D eigenvalue weighted by atomic mass is 10.1. The molecule has 2 N–H and O–H groups in total. The van der Waals surface area contributed by atoms with Crippen molar-refractivity contribution in [2.24, 2.45) is 0 Å². The molecule has 0 saturated heterocycles. The van der Waals surface area contributed by atoms with Crippen LogP contribution in [-0.2, 0) is 13.1 Å². The molecule has 0 bridgehead atoms. The molecule has 96 valence electrons. The summed E-state index contributed by atoms with van der Waals surface area (Å²) in [7, 11) is 0. The molecule has 2 heterocycles. The van der Waals surface area contributed by atoms with Crippen molar-refractivity contribution in [2.45, 2.75) is 13.1 Å². The number of hydrogen-bond donors (Lipinski definition) is 2. The van der Waals surface area contributed by atoms with Crippen LogP contribution in [0.1, 0.15) is 11.1 Å². The average Bonchev–Trinajstić information content (AvgIpc) is 3.12. The van der Waals surface area contributed by atoms with Gasteiger partial charge in [0, 0.05) is 37.9 Å². The summed E-state index contributed by atoms with van der Waals surface area (Å²) in [6, 6.07) is 12.3. The largest absolute Gasteiger partial charge is 0.367 e. The van der Waals surface area contributed by atoms with Crippen LogP contribution in [0.15, 0.2) is 61.2 Å². The van der Waals surface area contributed by atoms with Gasteiger partial charge in [-0.25, -0.2) is 4.68 Å². The van der Waals surface area contributed by atoms with E-state index in [-0.39, 0.29) is 0 Å². The number of rotatable bonds is 5. The van der Waals surface area contributed by atoms with Crippen LogP contribution < -0.4 is 5.32 Å². The molecule has 0 amide bonds. The summed E-state index contributed by atoms with van der Waals surface area (Å²) in [4.78, 5) is 3.06. The summed E-state index contributed by atoms with van der Waals surface area (Å²) in [6.45, 7) is 1.68. The smallest absolute Gasteiger partial charge is 0.0690 e. The van der Waals surface area contributed by atoms with Crippen LogP contribution in [0, 0.1) is 0 Å². The van der Waals surface area contributed by atoms with E-state index in [2.05, 4.69) is 39.7 Å². The first-order chi connectivity index (χ1) is 9.43. The highest BCUT2D eigenvalue weighted by molar-refractivity contribution is 5.40.